The Hall–Kier alpha value is -3.72. The lowest BCUT2D eigenvalue weighted by molar-refractivity contribution is 0.262. The van der Waals surface area contributed by atoms with Gasteiger partial charge in [-0.2, -0.15) is 24.8 Å². The third-order valence-corrected chi connectivity index (χ3v) is 5.44. The van der Waals surface area contributed by atoms with E-state index >= 15 is 0 Å². The molecule has 31 heavy (non-hydrogen) atoms. The van der Waals surface area contributed by atoms with E-state index in [4.69, 9.17) is 15.2 Å². The second-order valence-electron chi connectivity index (χ2n) is 7.74. The molecule has 1 saturated heterocycles. The molecule has 4 heterocycles. The fourth-order valence-electron chi connectivity index (χ4n) is 3.59. The molecule has 1 aliphatic heterocycles. The van der Waals surface area contributed by atoms with Gasteiger partial charge in [-0.15, -0.1) is 0 Å². The van der Waals surface area contributed by atoms with Crippen molar-refractivity contribution in [3.63, 3.8) is 0 Å². The van der Waals surface area contributed by atoms with E-state index in [2.05, 4.69) is 35.9 Å². The van der Waals surface area contributed by atoms with Crippen LogP contribution in [0.4, 0.5) is 5.95 Å². The van der Waals surface area contributed by atoms with Crippen LogP contribution in [0.1, 0.15) is 25.0 Å². The largest absolute Gasteiger partial charge is 0.493 e. The summed E-state index contributed by atoms with van der Waals surface area (Å²) in [5.41, 5.74) is 0.819. The monoisotopic (exact) mass is 422 g/mol. The summed E-state index contributed by atoms with van der Waals surface area (Å²) in [6, 6.07) is 2.45. The maximum atomic E-state index is 11.5. The molecule has 5 rings (SSSR count). The van der Waals surface area contributed by atoms with Crippen molar-refractivity contribution in [3.05, 3.63) is 33.2 Å². The Bertz CT molecular complexity index is 1320. The first-order chi connectivity index (χ1) is 15.1. The fourth-order valence-corrected chi connectivity index (χ4v) is 3.59. The number of H-pyrrole nitrogens is 2. The van der Waals surface area contributed by atoms with Crippen molar-refractivity contribution in [1.82, 2.24) is 34.4 Å². The average Bonchev–Trinajstić information content (AvgIpc) is 3.40. The van der Waals surface area contributed by atoms with E-state index in [0.29, 0.717) is 28.9 Å². The molecule has 0 spiro atoms. The van der Waals surface area contributed by atoms with Crippen LogP contribution in [0.3, 0.4) is 0 Å². The van der Waals surface area contributed by atoms with E-state index < -0.39 is 5.69 Å². The summed E-state index contributed by atoms with van der Waals surface area (Å²) >= 11 is 0. The molecule has 0 atom stereocenters. The van der Waals surface area contributed by atoms with Gasteiger partial charge in [-0.3, -0.25) is 9.88 Å². The number of nitrogens with zero attached hydrogens (tertiary/aromatic N) is 8. The Morgan fingerprint density at radius 1 is 1.26 bits per heavy atom. The van der Waals surface area contributed by atoms with Gasteiger partial charge < -0.3 is 15.0 Å². The van der Waals surface area contributed by atoms with Crippen molar-refractivity contribution < 1.29 is 5.11 Å². The molecule has 2 aliphatic rings. The van der Waals surface area contributed by atoms with Crippen molar-refractivity contribution in [1.29, 1.82) is 5.26 Å². The second kappa shape index (κ2) is 7.84. The van der Waals surface area contributed by atoms with E-state index in [1.807, 2.05) is 0 Å². The lowest BCUT2D eigenvalue weighted by Gasteiger charge is -2.34. The highest BCUT2D eigenvalue weighted by atomic mass is 16.3. The third-order valence-electron chi connectivity index (χ3n) is 5.44. The lowest BCUT2D eigenvalue weighted by atomic mass is 10.3. The number of hydrogen-bond donors (Lipinski definition) is 3. The number of rotatable bonds is 5. The molecule has 0 unspecified atom stereocenters. The summed E-state index contributed by atoms with van der Waals surface area (Å²) in [6.07, 6.45) is 5.83. The highest BCUT2D eigenvalue weighted by Gasteiger charge is 2.23. The Morgan fingerprint density at radius 3 is 2.74 bits per heavy atom. The third kappa shape index (κ3) is 3.99. The minimum absolute atomic E-state index is 0.241. The van der Waals surface area contributed by atoms with Crippen molar-refractivity contribution in [2.24, 2.45) is 4.99 Å². The minimum Gasteiger partial charge on any atom is -0.493 e. The molecule has 0 radical (unpaired) electrons. The van der Waals surface area contributed by atoms with Gasteiger partial charge in [0.25, 0.3) is 5.62 Å². The number of nitriles is 1. The van der Waals surface area contributed by atoms with Gasteiger partial charge in [0, 0.05) is 44.4 Å². The van der Waals surface area contributed by atoms with Gasteiger partial charge in [0.15, 0.2) is 5.65 Å². The Balaban J connectivity index is 1.55. The quantitative estimate of drug-likeness (QED) is 0.448. The maximum Gasteiger partial charge on any atom is 0.326 e. The number of aromatic nitrogens is 6. The number of aromatic amines is 2. The number of imidazole rings is 1. The molecule has 0 bridgehead atoms. The average molecular weight is 422 g/mol. The van der Waals surface area contributed by atoms with Gasteiger partial charge >= 0.3 is 5.69 Å². The van der Waals surface area contributed by atoms with Crippen LogP contribution in [-0.4, -0.2) is 78.3 Å². The standard InChI is InChI=1S/C19H22N10O2/c20-4-1-5-27-6-8-28(9-7-27)17-24-15-12(10-14-16(30)25-19(31)23-14)11-21-29(15)18(26-17)22-13-2-3-13/h10-11,13,30H,1-3,5-9H2,(H2,23,25,31)/b12-10+,22-18?. The molecule has 2 fully saturated rings. The number of anilines is 1. The zero-order valence-corrected chi connectivity index (χ0v) is 16.8. The molecule has 12 heteroatoms. The van der Waals surface area contributed by atoms with E-state index in [9.17, 15) is 9.90 Å². The van der Waals surface area contributed by atoms with Crippen LogP contribution < -0.4 is 21.4 Å². The first-order valence-electron chi connectivity index (χ1n) is 10.3. The minimum atomic E-state index is -0.491. The van der Waals surface area contributed by atoms with Gasteiger partial charge in [-0.05, 0) is 18.9 Å². The van der Waals surface area contributed by atoms with E-state index in [-0.39, 0.29) is 17.6 Å². The van der Waals surface area contributed by atoms with Crippen LogP contribution in [0.15, 0.2) is 16.0 Å². The molecule has 3 aromatic rings. The van der Waals surface area contributed by atoms with Crippen LogP contribution in [0.2, 0.25) is 0 Å². The summed E-state index contributed by atoms with van der Waals surface area (Å²) in [7, 11) is 0. The van der Waals surface area contributed by atoms with Crippen LogP contribution in [0, 0.1) is 11.3 Å². The number of fused-ring (bicyclic) bond motifs is 1. The number of hydrogen-bond acceptors (Lipinski definition) is 9. The highest BCUT2D eigenvalue weighted by molar-refractivity contribution is 5.57. The molecule has 0 amide bonds. The molecule has 12 nitrogen and oxygen atoms in total. The first kappa shape index (κ1) is 19.3. The highest BCUT2D eigenvalue weighted by Crippen LogP contribution is 2.22. The summed E-state index contributed by atoms with van der Waals surface area (Å²) < 4.78 is 1.60. The van der Waals surface area contributed by atoms with Crippen molar-refractivity contribution in [2.75, 3.05) is 37.6 Å². The molecular formula is C19H22N10O2. The lowest BCUT2D eigenvalue weighted by Crippen LogP contribution is -2.47. The summed E-state index contributed by atoms with van der Waals surface area (Å²) in [5, 5.41) is 23.7. The number of nitrogens with one attached hydrogen (secondary N) is 2. The molecule has 160 valence electrons. The molecule has 1 saturated carbocycles. The maximum absolute atomic E-state index is 11.5. The van der Waals surface area contributed by atoms with E-state index in [1.165, 1.54) is 0 Å². The zero-order valence-electron chi connectivity index (χ0n) is 16.8. The molecule has 1 aliphatic carbocycles. The normalized spacial score (nSPS) is 18.7. The van der Waals surface area contributed by atoms with Gasteiger partial charge in [-0.1, -0.05) is 0 Å². The van der Waals surface area contributed by atoms with Gasteiger partial charge in [0.1, 0.15) is 5.69 Å². The summed E-state index contributed by atoms with van der Waals surface area (Å²) in [6.45, 7) is 3.95. The second-order valence-corrected chi connectivity index (χ2v) is 7.74. The number of piperazine rings is 1. The molecule has 3 aromatic heterocycles. The van der Waals surface area contributed by atoms with Crippen LogP contribution in [-0.2, 0) is 0 Å². The summed E-state index contributed by atoms with van der Waals surface area (Å²) in [5.74, 6) is 0.337. The van der Waals surface area contributed by atoms with Crippen LogP contribution in [0.5, 0.6) is 5.88 Å². The number of aromatic hydroxyl groups is 1. The summed E-state index contributed by atoms with van der Waals surface area (Å²) in [4.78, 5) is 34.8. The first-order valence-corrected chi connectivity index (χ1v) is 10.3. The predicted molar refractivity (Wildman–Crippen MR) is 110 cm³/mol. The van der Waals surface area contributed by atoms with Gasteiger partial charge in [0.2, 0.25) is 11.8 Å². The van der Waals surface area contributed by atoms with Gasteiger partial charge in [-0.25, -0.2) is 9.79 Å². The Morgan fingerprint density at radius 2 is 2.06 bits per heavy atom. The van der Waals surface area contributed by atoms with Crippen LogP contribution >= 0.6 is 0 Å². The van der Waals surface area contributed by atoms with Crippen LogP contribution in [0.25, 0.3) is 11.7 Å². The SMILES string of the molecule is N#CCCN1CCN(c2nc(=NC3CC3)n3nc/c(=C\c4[nH]c(=O)[nH]c4O)c3n2)CC1. The predicted octanol–water partition coefficient (Wildman–Crippen LogP) is -1.51. The van der Waals surface area contributed by atoms with Crippen molar-refractivity contribution in [3.8, 4) is 11.9 Å². The smallest absolute Gasteiger partial charge is 0.326 e. The molecular weight excluding hydrogens is 400 g/mol. The molecule has 3 N–H and O–H groups in total. The van der Waals surface area contributed by atoms with E-state index in [1.54, 1.807) is 16.8 Å². The molecule has 0 aromatic carbocycles. The van der Waals surface area contributed by atoms with E-state index in [0.717, 1.165) is 45.6 Å². The fraction of sp³-hybridized carbons (Fsp3) is 0.474. The van der Waals surface area contributed by atoms with Crippen molar-refractivity contribution >= 4 is 17.7 Å². The zero-order chi connectivity index (χ0) is 21.4. The Kier molecular flexibility index (Phi) is 4.87. The Labute approximate surface area is 176 Å². The van der Waals surface area contributed by atoms with Gasteiger partial charge in [0.05, 0.1) is 18.3 Å². The van der Waals surface area contributed by atoms with Crippen molar-refractivity contribution in [2.45, 2.75) is 25.3 Å². The topological polar surface area (TPSA) is 155 Å².